The molecule has 1 aromatic rings. The van der Waals surface area contributed by atoms with Gasteiger partial charge in [-0.25, -0.2) is 0 Å². The molecule has 6 nitrogen and oxygen atoms in total. The van der Waals surface area contributed by atoms with Gasteiger partial charge in [0.2, 0.25) is 0 Å². The summed E-state index contributed by atoms with van der Waals surface area (Å²) in [5, 5.41) is 29.6. The third-order valence-corrected chi connectivity index (χ3v) is 5.91. The van der Waals surface area contributed by atoms with Crippen LogP contribution in [-0.4, -0.2) is 29.9 Å². The van der Waals surface area contributed by atoms with Crippen LogP contribution in [0.2, 0.25) is 0 Å². The van der Waals surface area contributed by atoms with E-state index in [9.17, 15) is 20.6 Å². The summed E-state index contributed by atoms with van der Waals surface area (Å²) in [6.45, 7) is 0. The number of Topliss-reactive ketones (excluding diaryl/α,β-unsaturated/α-hetero) is 1. The van der Waals surface area contributed by atoms with E-state index in [2.05, 4.69) is 18.2 Å². The van der Waals surface area contributed by atoms with Gasteiger partial charge in [-0.1, -0.05) is 24.3 Å². The second kappa shape index (κ2) is 6.55. The van der Waals surface area contributed by atoms with Crippen LogP contribution in [0.1, 0.15) is 24.3 Å². The number of nitrogens with zero attached hydrogens (tertiary/aromatic N) is 4. The monoisotopic (exact) mass is 370 g/mol. The summed E-state index contributed by atoms with van der Waals surface area (Å²) in [6, 6.07) is 12.5. The van der Waals surface area contributed by atoms with Gasteiger partial charge in [0.25, 0.3) is 0 Å². The van der Waals surface area contributed by atoms with Crippen molar-refractivity contribution in [2.75, 3.05) is 7.11 Å². The Balaban J connectivity index is 1.96. The number of rotatable bonds is 4. The number of carbonyl (C=O) groups excluding carboxylic acids is 1. The van der Waals surface area contributed by atoms with Crippen molar-refractivity contribution >= 4 is 5.78 Å². The molecule has 4 rings (SSSR count). The number of ether oxygens (including phenoxy) is 1. The Morgan fingerprint density at radius 2 is 1.93 bits per heavy atom. The summed E-state index contributed by atoms with van der Waals surface area (Å²) >= 11 is 0. The molecule has 28 heavy (non-hydrogen) atoms. The highest BCUT2D eigenvalue weighted by atomic mass is 16.5. The standard InChI is InChI=1S/C22H18N4O2/c1-28-17-5-3-2-4-16(17)19-20(21(27)15-7-8-15)26-11-14(10-23)6-9-18(26)22(19,12-24)13-25/h2-6,9,11,15,18-20H,7-8H2,1H3/t18-,19+,20-/m0/s1. The van der Waals surface area contributed by atoms with Crippen molar-refractivity contribution in [3.63, 3.8) is 0 Å². The highest BCUT2D eigenvalue weighted by molar-refractivity contribution is 5.91. The molecule has 0 amide bonds. The number of hydrogen-bond acceptors (Lipinski definition) is 6. The normalized spacial score (nSPS) is 27.0. The molecule has 0 spiro atoms. The van der Waals surface area contributed by atoms with Crippen LogP contribution in [0.4, 0.5) is 0 Å². The minimum Gasteiger partial charge on any atom is -0.496 e. The molecule has 1 saturated heterocycles. The number of nitriles is 3. The van der Waals surface area contributed by atoms with Gasteiger partial charge in [-0.3, -0.25) is 4.79 Å². The van der Waals surface area contributed by atoms with Gasteiger partial charge in [0, 0.05) is 23.6 Å². The summed E-state index contributed by atoms with van der Waals surface area (Å²) in [7, 11) is 1.53. The van der Waals surface area contributed by atoms with Crippen molar-refractivity contribution in [1.29, 1.82) is 15.8 Å². The highest BCUT2D eigenvalue weighted by Gasteiger charge is 2.63. The quantitative estimate of drug-likeness (QED) is 0.808. The van der Waals surface area contributed by atoms with E-state index >= 15 is 0 Å². The van der Waals surface area contributed by atoms with Crippen LogP contribution >= 0.6 is 0 Å². The van der Waals surface area contributed by atoms with Crippen molar-refractivity contribution in [2.24, 2.45) is 11.3 Å². The molecule has 1 aliphatic carbocycles. The van der Waals surface area contributed by atoms with Gasteiger partial charge < -0.3 is 9.64 Å². The maximum absolute atomic E-state index is 13.3. The fourth-order valence-electron chi connectivity index (χ4n) is 4.45. The Bertz CT molecular complexity index is 1000. The maximum Gasteiger partial charge on any atom is 0.176 e. The van der Waals surface area contributed by atoms with Crippen molar-refractivity contribution in [3.8, 4) is 24.0 Å². The van der Waals surface area contributed by atoms with Crippen LogP contribution in [0.5, 0.6) is 5.75 Å². The first-order valence-corrected chi connectivity index (χ1v) is 9.18. The number of ketones is 1. The molecule has 3 aliphatic rings. The fourth-order valence-corrected chi connectivity index (χ4v) is 4.45. The summed E-state index contributed by atoms with van der Waals surface area (Å²) in [5.41, 5.74) is -0.408. The van der Waals surface area contributed by atoms with Gasteiger partial charge in [-0.15, -0.1) is 0 Å². The molecule has 3 atom stereocenters. The van der Waals surface area contributed by atoms with Crippen LogP contribution in [0, 0.1) is 45.3 Å². The number of benzene rings is 1. The molecule has 0 aromatic heterocycles. The Hall–Kier alpha value is -3.56. The number of carbonyl (C=O) groups is 1. The molecule has 0 radical (unpaired) electrons. The lowest BCUT2D eigenvalue weighted by Crippen LogP contribution is -2.40. The Kier molecular flexibility index (Phi) is 4.17. The van der Waals surface area contributed by atoms with Crippen molar-refractivity contribution in [3.05, 3.63) is 53.8 Å². The van der Waals surface area contributed by atoms with Gasteiger partial charge in [0.15, 0.2) is 11.2 Å². The molecule has 2 fully saturated rings. The first-order valence-electron chi connectivity index (χ1n) is 9.18. The van der Waals surface area contributed by atoms with Crippen molar-refractivity contribution < 1.29 is 9.53 Å². The third-order valence-electron chi connectivity index (χ3n) is 5.91. The third kappa shape index (κ3) is 2.41. The highest BCUT2D eigenvalue weighted by Crippen LogP contribution is 2.55. The van der Waals surface area contributed by atoms with E-state index in [1.54, 1.807) is 29.3 Å². The number of fused-ring (bicyclic) bond motifs is 1. The van der Waals surface area contributed by atoms with E-state index in [-0.39, 0.29) is 11.7 Å². The number of para-hydroxylation sites is 1. The van der Waals surface area contributed by atoms with Crippen LogP contribution in [0.15, 0.2) is 48.2 Å². The maximum atomic E-state index is 13.3. The molecule has 0 bridgehead atoms. The number of allylic oxidation sites excluding steroid dienone is 2. The van der Waals surface area contributed by atoms with Crippen LogP contribution in [0.3, 0.4) is 0 Å². The zero-order valence-electron chi connectivity index (χ0n) is 15.4. The number of methoxy groups -OCH3 is 1. The lowest BCUT2D eigenvalue weighted by molar-refractivity contribution is -0.124. The molecular formula is C22H18N4O2. The SMILES string of the molecule is COc1ccccc1[C@@H]1[C@@H](C(=O)C2CC2)N2C=C(C#N)C=C[C@H]2C1(C#N)C#N. The van der Waals surface area contributed by atoms with E-state index in [1.807, 2.05) is 18.2 Å². The van der Waals surface area contributed by atoms with Gasteiger partial charge >= 0.3 is 0 Å². The fraction of sp³-hybridized carbons (Fsp3) is 0.364. The largest absolute Gasteiger partial charge is 0.496 e. The van der Waals surface area contributed by atoms with Crippen molar-refractivity contribution in [2.45, 2.75) is 30.8 Å². The lowest BCUT2D eigenvalue weighted by atomic mass is 9.69. The predicted octanol–water partition coefficient (Wildman–Crippen LogP) is 2.82. The molecule has 0 N–H and O–H groups in total. The second-order valence-electron chi connectivity index (χ2n) is 7.38. The first-order chi connectivity index (χ1) is 13.6. The second-order valence-corrected chi connectivity index (χ2v) is 7.38. The summed E-state index contributed by atoms with van der Waals surface area (Å²) < 4.78 is 5.51. The van der Waals surface area contributed by atoms with E-state index in [4.69, 9.17) is 4.74 Å². The molecule has 1 aromatic carbocycles. The van der Waals surface area contributed by atoms with Crippen LogP contribution < -0.4 is 4.74 Å². The van der Waals surface area contributed by atoms with Crippen LogP contribution in [0.25, 0.3) is 0 Å². The van der Waals surface area contributed by atoms with Crippen molar-refractivity contribution in [1.82, 2.24) is 4.90 Å². The summed E-state index contributed by atoms with van der Waals surface area (Å²) in [5.74, 6) is -0.169. The molecule has 6 heteroatoms. The first kappa shape index (κ1) is 17.8. The van der Waals surface area contributed by atoms with Gasteiger partial charge in [0.1, 0.15) is 11.8 Å². The number of hydrogen-bond donors (Lipinski definition) is 0. The smallest absolute Gasteiger partial charge is 0.176 e. The zero-order chi connectivity index (χ0) is 19.9. The lowest BCUT2D eigenvalue weighted by Gasteiger charge is -2.30. The zero-order valence-corrected chi connectivity index (χ0v) is 15.4. The Morgan fingerprint density at radius 3 is 2.54 bits per heavy atom. The molecule has 0 unspecified atom stereocenters. The summed E-state index contributed by atoms with van der Waals surface area (Å²) in [4.78, 5) is 15.1. The Morgan fingerprint density at radius 1 is 1.21 bits per heavy atom. The average Bonchev–Trinajstić information content (AvgIpc) is 3.55. The predicted molar refractivity (Wildman–Crippen MR) is 99.4 cm³/mol. The minimum absolute atomic E-state index is 0.0251. The van der Waals surface area contributed by atoms with Gasteiger partial charge in [0.05, 0.1) is 36.9 Å². The van der Waals surface area contributed by atoms with E-state index in [0.717, 1.165) is 12.8 Å². The minimum atomic E-state index is -1.47. The van der Waals surface area contributed by atoms with E-state index in [0.29, 0.717) is 16.9 Å². The van der Waals surface area contributed by atoms with Crippen LogP contribution in [-0.2, 0) is 4.79 Å². The summed E-state index contributed by atoms with van der Waals surface area (Å²) in [6.07, 6.45) is 6.59. The van der Waals surface area contributed by atoms with Gasteiger partial charge in [-0.2, -0.15) is 15.8 Å². The molecule has 138 valence electrons. The molecule has 1 saturated carbocycles. The average molecular weight is 370 g/mol. The Labute approximate surface area is 163 Å². The molecular weight excluding hydrogens is 352 g/mol. The van der Waals surface area contributed by atoms with E-state index < -0.39 is 23.4 Å². The molecule has 2 aliphatic heterocycles. The molecule has 2 heterocycles. The van der Waals surface area contributed by atoms with Gasteiger partial charge in [-0.05, 0) is 25.0 Å². The van der Waals surface area contributed by atoms with E-state index in [1.165, 1.54) is 7.11 Å². The topological polar surface area (TPSA) is 101 Å².